The van der Waals surface area contributed by atoms with Gasteiger partial charge in [-0.2, -0.15) is 5.10 Å². The van der Waals surface area contributed by atoms with Gasteiger partial charge < -0.3 is 9.64 Å². The van der Waals surface area contributed by atoms with Crippen LogP contribution in [-0.2, 0) is 22.5 Å². The third kappa shape index (κ3) is 3.68. The molecular formula is C20H20N4O3S. The van der Waals surface area contributed by atoms with Crippen LogP contribution >= 0.6 is 11.3 Å². The molecule has 0 radical (unpaired) electrons. The van der Waals surface area contributed by atoms with Crippen LogP contribution in [0, 0.1) is 13.8 Å². The Morgan fingerprint density at radius 2 is 2.11 bits per heavy atom. The van der Waals surface area contributed by atoms with E-state index in [4.69, 9.17) is 4.74 Å². The summed E-state index contributed by atoms with van der Waals surface area (Å²) in [5, 5.41) is 6.41. The van der Waals surface area contributed by atoms with E-state index in [1.165, 1.54) is 16.6 Å². The molecule has 4 rings (SSSR count). The molecule has 0 saturated heterocycles. The number of aromatic nitrogens is 3. The summed E-state index contributed by atoms with van der Waals surface area (Å²) in [5.41, 5.74) is 3.34. The summed E-state index contributed by atoms with van der Waals surface area (Å²) in [5.74, 6) is -0.121. The van der Waals surface area contributed by atoms with Gasteiger partial charge in [-0.25, -0.2) is 14.5 Å². The number of nitrogens with zero attached hydrogens (tertiary/aromatic N) is 4. The van der Waals surface area contributed by atoms with Crippen molar-refractivity contribution in [2.45, 2.75) is 26.8 Å². The molecule has 0 atom stereocenters. The second-order valence-corrected chi connectivity index (χ2v) is 7.76. The summed E-state index contributed by atoms with van der Waals surface area (Å²) in [6, 6.07) is 7.33. The fourth-order valence-electron chi connectivity index (χ4n) is 3.26. The zero-order chi connectivity index (χ0) is 19.7. The number of aryl methyl sites for hydroxylation is 2. The highest BCUT2D eigenvalue weighted by molar-refractivity contribution is 7.10. The standard InChI is InChI=1S/C20H20N4O3S/c1-13-9-14(2)24(22-13)18-4-3-15(10-21-18)20(26)27-12-19(25)23-7-5-17-16(11-23)6-8-28-17/h3-4,6,8-10H,5,7,11-12H2,1-2H3. The molecule has 4 heterocycles. The van der Waals surface area contributed by atoms with Crippen LogP contribution in [-0.4, -0.2) is 44.7 Å². The number of hydrogen-bond donors (Lipinski definition) is 0. The Bertz CT molecular complexity index is 1020. The summed E-state index contributed by atoms with van der Waals surface area (Å²) >= 11 is 1.72. The number of fused-ring (bicyclic) bond motifs is 1. The van der Waals surface area contributed by atoms with E-state index in [-0.39, 0.29) is 12.5 Å². The molecule has 0 aliphatic carbocycles. The minimum atomic E-state index is -0.561. The summed E-state index contributed by atoms with van der Waals surface area (Å²) in [4.78, 5) is 32.0. The molecule has 1 amide bonds. The van der Waals surface area contributed by atoms with Gasteiger partial charge >= 0.3 is 5.97 Å². The van der Waals surface area contributed by atoms with Gasteiger partial charge in [0.2, 0.25) is 0 Å². The van der Waals surface area contributed by atoms with Crippen LogP contribution in [0.25, 0.3) is 5.82 Å². The number of rotatable bonds is 4. The van der Waals surface area contributed by atoms with Gasteiger partial charge in [0.05, 0.1) is 11.3 Å². The number of amides is 1. The van der Waals surface area contributed by atoms with E-state index in [9.17, 15) is 9.59 Å². The second-order valence-electron chi connectivity index (χ2n) is 6.75. The van der Waals surface area contributed by atoms with Crippen molar-refractivity contribution in [3.05, 3.63) is 63.2 Å². The lowest BCUT2D eigenvalue weighted by molar-refractivity contribution is -0.135. The first-order chi connectivity index (χ1) is 13.5. The van der Waals surface area contributed by atoms with E-state index in [1.54, 1.807) is 33.1 Å². The molecular weight excluding hydrogens is 376 g/mol. The summed E-state index contributed by atoms with van der Waals surface area (Å²) in [6.07, 6.45) is 2.29. The van der Waals surface area contributed by atoms with Crippen LogP contribution in [0.5, 0.6) is 0 Å². The van der Waals surface area contributed by atoms with E-state index in [0.717, 1.165) is 17.8 Å². The molecule has 7 nitrogen and oxygen atoms in total. The quantitative estimate of drug-likeness (QED) is 0.634. The van der Waals surface area contributed by atoms with Crippen LogP contribution in [0.3, 0.4) is 0 Å². The van der Waals surface area contributed by atoms with Crippen LogP contribution in [0.1, 0.15) is 32.2 Å². The largest absolute Gasteiger partial charge is 0.452 e. The van der Waals surface area contributed by atoms with Crippen LogP contribution < -0.4 is 0 Å². The highest BCUT2D eigenvalue weighted by Crippen LogP contribution is 2.24. The smallest absolute Gasteiger partial charge is 0.340 e. The van der Waals surface area contributed by atoms with E-state index >= 15 is 0 Å². The third-order valence-corrected chi connectivity index (χ3v) is 5.72. The highest BCUT2D eigenvalue weighted by atomic mass is 32.1. The van der Waals surface area contributed by atoms with Crippen LogP contribution in [0.15, 0.2) is 35.8 Å². The van der Waals surface area contributed by atoms with Crippen molar-refractivity contribution >= 4 is 23.2 Å². The summed E-state index contributed by atoms with van der Waals surface area (Å²) < 4.78 is 6.91. The van der Waals surface area contributed by atoms with Gasteiger partial charge in [-0.3, -0.25) is 4.79 Å². The van der Waals surface area contributed by atoms with Gasteiger partial charge in [0.15, 0.2) is 12.4 Å². The zero-order valence-corrected chi connectivity index (χ0v) is 16.5. The molecule has 0 bridgehead atoms. The maximum Gasteiger partial charge on any atom is 0.340 e. The van der Waals surface area contributed by atoms with Gasteiger partial charge in [-0.05, 0) is 55.5 Å². The number of pyridine rings is 1. The minimum absolute atomic E-state index is 0.183. The Morgan fingerprint density at radius 3 is 2.82 bits per heavy atom. The lowest BCUT2D eigenvalue weighted by atomic mass is 10.1. The molecule has 1 aliphatic rings. The SMILES string of the molecule is Cc1cc(C)n(-c2ccc(C(=O)OCC(=O)N3CCc4sccc4C3)cn2)n1. The van der Waals surface area contributed by atoms with Gasteiger partial charge in [-0.1, -0.05) is 0 Å². The van der Waals surface area contributed by atoms with Gasteiger partial charge in [0.25, 0.3) is 5.91 Å². The third-order valence-electron chi connectivity index (χ3n) is 4.70. The van der Waals surface area contributed by atoms with E-state index < -0.39 is 5.97 Å². The average molecular weight is 396 g/mol. The molecule has 28 heavy (non-hydrogen) atoms. The van der Waals surface area contributed by atoms with Crippen molar-refractivity contribution in [1.82, 2.24) is 19.7 Å². The van der Waals surface area contributed by atoms with Crippen molar-refractivity contribution in [2.24, 2.45) is 0 Å². The lowest BCUT2D eigenvalue weighted by Crippen LogP contribution is -2.38. The normalized spacial score (nSPS) is 13.3. The van der Waals surface area contributed by atoms with Gasteiger partial charge in [-0.15, -0.1) is 11.3 Å². The maximum atomic E-state index is 12.4. The Hall–Kier alpha value is -3.00. The van der Waals surface area contributed by atoms with Crippen LogP contribution in [0.2, 0.25) is 0 Å². The Kier molecular flexibility index (Phi) is 4.95. The molecule has 144 valence electrons. The summed E-state index contributed by atoms with van der Waals surface area (Å²) in [7, 11) is 0. The first-order valence-electron chi connectivity index (χ1n) is 9.01. The number of ether oxygens (including phenoxy) is 1. The Labute approximate surface area is 166 Å². The predicted molar refractivity (Wildman–Crippen MR) is 105 cm³/mol. The molecule has 3 aromatic rings. The van der Waals surface area contributed by atoms with Crippen molar-refractivity contribution in [3.63, 3.8) is 0 Å². The van der Waals surface area contributed by atoms with E-state index in [0.29, 0.717) is 24.5 Å². The molecule has 8 heteroatoms. The summed E-state index contributed by atoms with van der Waals surface area (Å²) in [6.45, 7) is 4.82. The highest BCUT2D eigenvalue weighted by Gasteiger charge is 2.22. The Balaban J connectivity index is 1.35. The fourth-order valence-corrected chi connectivity index (χ4v) is 4.15. The monoisotopic (exact) mass is 396 g/mol. The average Bonchev–Trinajstić information content (AvgIpc) is 3.30. The second kappa shape index (κ2) is 7.55. The van der Waals surface area contributed by atoms with Gasteiger partial charge in [0.1, 0.15) is 0 Å². The molecule has 0 N–H and O–H groups in total. The number of carbonyl (C=O) groups is 2. The molecule has 0 aromatic carbocycles. The van der Waals surface area contributed by atoms with E-state index in [2.05, 4.69) is 10.1 Å². The maximum absolute atomic E-state index is 12.4. The number of hydrogen-bond acceptors (Lipinski definition) is 6. The molecule has 0 saturated carbocycles. The topological polar surface area (TPSA) is 77.3 Å². The first kappa shape index (κ1) is 18.4. The molecule has 0 fully saturated rings. The zero-order valence-electron chi connectivity index (χ0n) is 15.7. The Morgan fingerprint density at radius 1 is 1.25 bits per heavy atom. The van der Waals surface area contributed by atoms with Crippen molar-refractivity contribution in [1.29, 1.82) is 0 Å². The number of thiophene rings is 1. The fraction of sp³-hybridized carbons (Fsp3) is 0.300. The van der Waals surface area contributed by atoms with Crippen molar-refractivity contribution < 1.29 is 14.3 Å². The van der Waals surface area contributed by atoms with Crippen LogP contribution in [0.4, 0.5) is 0 Å². The predicted octanol–water partition coefficient (Wildman–Crippen LogP) is 2.69. The lowest BCUT2D eigenvalue weighted by Gasteiger charge is -2.26. The van der Waals surface area contributed by atoms with Gasteiger partial charge in [0, 0.05) is 29.9 Å². The molecule has 0 spiro atoms. The molecule has 1 aliphatic heterocycles. The number of carbonyl (C=O) groups excluding carboxylic acids is 2. The first-order valence-corrected chi connectivity index (χ1v) is 9.89. The van der Waals surface area contributed by atoms with Crippen molar-refractivity contribution in [3.8, 4) is 5.82 Å². The minimum Gasteiger partial charge on any atom is -0.452 e. The number of esters is 1. The van der Waals surface area contributed by atoms with E-state index in [1.807, 2.05) is 31.4 Å². The molecule has 0 unspecified atom stereocenters. The van der Waals surface area contributed by atoms with Crippen molar-refractivity contribution in [2.75, 3.05) is 13.2 Å². The molecule has 3 aromatic heterocycles.